The molecular weight excluding hydrogens is 202 g/mol. The number of carbonyl (C=O) groups excluding carboxylic acids is 1. The molecule has 15 heavy (non-hydrogen) atoms. The number of benzene rings is 1. The van der Waals surface area contributed by atoms with Gasteiger partial charge in [0.05, 0.1) is 7.11 Å². The fraction of sp³-hybridized carbons (Fsp3) is 0.364. The van der Waals surface area contributed by atoms with Crippen molar-refractivity contribution in [3.63, 3.8) is 0 Å². The van der Waals surface area contributed by atoms with Crippen molar-refractivity contribution in [2.24, 2.45) is 0 Å². The third-order valence-electron chi connectivity index (χ3n) is 2.06. The topological polar surface area (TPSA) is 26.3 Å². The molecule has 0 radical (unpaired) electrons. The molecule has 0 aliphatic rings. The van der Waals surface area contributed by atoms with E-state index < -0.39 is 12.2 Å². The summed E-state index contributed by atoms with van der Waals surface area (Å²) in [4.78, 5) is 10.7. The van der Waals surface area contributed by atoms with E-state index in [0.717, 1.165) is 5.56 Å². The highest BCUT2D eigenvalue weighted by atomic mass is 19.3. The second-order valence-electron chi connectivity index (χ2n) is 3.12. The van der Waals surface area contributed by atoms with Crippen molar-refractivity contribution >= 4 is 5.78 Å². The molecule has 0 aliphatic carbocycles. The van der Waals surface area contributed by atoms with Gasteiger partial charge in [-0.2, -0.15) is 0 Å². The van der Waals surface area contributed by atoms with Crippen molar-refractivity contribution in [1.82, 2.24) is 0 Å². The van der Waals surface area contributed by atoms with Crippen LogP contribution >= 0.6 is 0 Å². The number of Topliss-reactive ketones (excluding diaryl/α,β-unsaturated/α-hetero) is 1. The molecule has 1 aromatic rings. The van der Waals surface area contributed by atoms with E-state index in [4.69, 9.17) is 4.74 Å². The molecule has 82 valence electrons. The molecule has 2 nitrogen and oxygen atoms in total. The Bertz CT molecular complexity index is 320. The maximum atomic E-state index is 11.9. The largest absolute Gasteiger partial charge is 0.497 e. The summed E-state index contributed by atoms with van der Waals surface area (Å²) in [6.45, 7) is 0. The predicted molar refractivity (Wildman–Crippen MR) is 52.3 cm³/mol. The van der Waals surface area contributed by atoms with Crippen LogP contribution in [0.1, 0.15) is 12.0 Å². The minimum absolute atomic E-state index is 0.121. The standard InChI is InChI=1S/C11H12F2O2/c1-15-9-5-2-8(3-6-9)4-7-10(14)11(12)13/h2-3,5-6,11H,4,7H2,1H3. The molecule has 0 heterocycles. The fourth-order valence-electron chi connectivity index (χ4n) is 1.17. The third kappa shape index (κ3) is 3.65. The zero-order valence-corrected chi connectivity index (χ0v) is 8.37. The van der Waals surface area contributed by atoms with E-state index in [1.54, 1.807) is 31.4 Å². The van der Waals surface area contributed by atoms with E-state index in [1.807, 2.05) is 0 Å². The van der Waals surface area contributed by atoms with Gasteiger partial charge in [-0.3, -0.25) is 4.79 Å². The number of alkyl halides is 2. The molecule has 0 atom stereocenters. The SMILES string of the molecule is COc1ccc(CCC(=O)C(F)F)cc1. The monoisotopic (exact) mass is 214 g/mol. The second kappa shape index (κ2) is 5.44. The first-order valence-corrected chi connectivity index (χ1v) is 4.57. The van der Waals surface area contributed by atoms with Crippen molar-refractivity contribution < 1.29 is 18.3 Å². The van der Waals surface area contributed by atoms with E-state index in [0.29, 0.717) is 12.2 Å². The fourth-order valence-corrected chi connectivity index (χ4v) is 1.17. The van der Waals surface area contributed by atoms with E-state index in [9.17, 15) is 13.6 Å². The third-order valence-corrected chi connectivity index (χ3v) is 2.06. The number of rotatable bonds is 5. The molecule has 0 spiro atoms. The molecule has 0 saturated heterocycles. The Hall–Kier alpha value is -1.45. The van der Waals surface area contributed by atoms with Crippen molar-refractivity contribution in [3.05, 3.63) is 29.8 Å². The normalized spacial score (nSPS) is 10.4. The number of methoxy groups -OCH3 is 1. The number of hydrogen-bond donors (Lipinski definition) is 0. The smallest absolute Gasteiger partial charge is 0.295 e. The van der Waals surface area contributed by atoms with Gasteiger partial charge in [-0.15, -0.1) is 0 Å². The van der Waals surface area contributed by atoms with E-state index in [1.165, 1.54) is 0 Å². The van der Waals surface area contributed by atoms with Gasteiger partial charge >= 0.3 is 0 Å². The molecule has 1 rings (SSSR count). The van der Waals surface area contributed by atoms with Crippen LogP contribution in [0.15, 0.2) is 24.3 Å². The highest BCUT2D eigenvalue weighted by Gasteiger charge is 2.14. The molecular formula is C11H12F2O2. The lowest BCUT2D eigenvalue weighted by atomic mass is 10.1. The average Bonchev–Trinajstić information content (AvgIpc) is 2.26. The van der Waals surface area contributed by atoms with E-state index >= 15 is 0 Å². The highest BCUT2D eigenvalue weighted by Crippen LogP contribution is 2.13. The number of ether oxygens (including phenoxy) is 1. The summed E-state index contributed by atoms with van der Waals surface area (Å²) < 4.78 is 28.7. The summed E-state index contributed by atoms with van der Waals surface area (Å²) in [6.07, 6.45) is -2.64. The zero-order valence-electron chi connectivity index (χ0n) is 8.37. The van der Waals surface area contributed by atoms with Crippen LogP contribution in [0.4, 0.5) is 8.78 Å². The van der Waals surface area contributed by atoms with Crippen molar-refractivity contribution in [3.8, 4) is 5.75 Å². The average molecular weight is 214 g/mol. The van der Waals surface area contributed by atoms with E-state index in [-0.39, 0.29) is 6.42 Å². The second-order valence-corrected chi connectivity index (χ2v) is 3.12. The minimum Gasteiger partial charge on any atom is -0.497 e. The van der Waals surface area contributed by atoms with Crippen LogP contribution in [0.5, 0.6) is 5.75 Å². The first-order chi connectivity index (χ1) is 7.13. The van der Waals surface area contributed by atoms with Crippen LogP contribution in [0.3, 0.4) is 0 Å². The molecule has 0 amide bonds. The first-order valence-electron chi connectivity index (χ1n) is 4.57. The van der Waals surface area contributed by atoms with Gasteiger partial charge in [0.25, 0.3) is 6.43 Å². The van der Waals surface area contributed by atoms with Gasteiger partial charge in [-0.1, -0.05) is 12.1 Å². The highest BCUT2D eigenvalue weighted by molar-refractivity contribution is 5.81. The van der Waals surface area contributed by atoms with Gasteiger partial charge in [0.15, 0.2) is 5.78 Å². The molecule has 1 aromatic carbocycles. The molecule has 0 fully saturated rings. The summed E-state index contributed by atoms with van der Waals surface area (Å²) in [5.74, 6) is -0.301. The lowest BCUT2D eigenvalue weighted by Gasteiger charge is -2.02. The van der Waals surface area contributed by atoms with Gasteiger partial charge in [0.2, 0.25) is 0 Å². The Balaban J connectivity index is 2.47. The molecule has 0 aromatic heterocycles. The Kier molecular flexibility index (Phi) is 4.21. The van der Waals surface area contributed by atoms with Crippen LogP contribution < -0.4 is 4.74 Å². The van der Waals surface area contributed by atoms with Crippen LogP contribution in [-0.2, 0) is 11.2 Å². The lowest BCUT2D eigenvalue weighted by Crippen LogP contribution is -2.10. The maximum Gasteiger partial charge on any atom is 0.295 e. The Labute approximate surface area is 86.9 Å². The number of carbonyl (C=O) groups is 1. The van der Waals surface area contributed by atoms with Gasteiger partial charge in [0, 0.05) is 6.42 Å². The van der Waals surface area contributed by atoms with E-state index in [2.05, 4.69) is 0 Å². The summed E-state index contributed by atoms with van der Waals surface area (Å²) in [7, 11) is 1.55. The van der Waals surface area contributed by atoms with Crippen LogP contribution in [0.2, 0.25) is 0 Å². The number of ketones is 1. The summed E-state index contributed by atoms with van der Waals surface area (Å²) in [6, 6.07) is 7.00. The molecule has 4 heteroatoms. The van der Waals surface area contributed by atoms with Gasteiger partial charge in [-0.25, -0.2) is 8.78 Å². The first kappa shape index (κ1) is 11.6. The molecule has 0 saturated carbocycles. The van der Waals surface area contributed by atoms with Crippen molar-refractivity contribution in [2.75, 3.05) is 7.11 Å². The van der Waals surface area contributed by atoms with Crippen LogP contribution in [0.25, 0.3) is 0 Å². The summed E-state index contributed by atoms with van der Waals surface area (Å²) in [5.41, 5.74) is 0.852. The van der Waals surface area contributed by atoms with Gasteiger partial charge in [-0.05, 0) is 24.1 Å². The number of aryl methyl sites for hydroxylation is 1. The van der Waals surface area contributed by atoms with Crippen LogP contribution in [0, 0.1) is 0 Å². The summed E-state index contributed by atoms with van der Waals surface area (Å²) >= 11 is 0. The molecule has 0 aliphatic heterocycles. The number of hydrogen-bond acceptors (Lipinski definition) is 2. The Morgan fingerprint density at radius 1 is 1.33 bits per heavy atom. The Morgan fingerprint density at radius 2 is 1.93 bits per heavy atom. The summed E-state index contributed by atoms with van der Waals surface area (Å²) in [5, 5.41) is 0. The quantitative estimate of drug-likeness (QED) is 0.752. The van der Waals surface area contributed by atoms with Crippen LogP contribution in [-0.4, -0.2) is 19.3 Å². The van der Waals surface area contributed by atoms with Gasteiger partial charge in [0.1, 0.15) is 5.75 Å². The van der Waals surface area contributed by atoms with Crippen molar-refractivity contribution in [2.45, 2.75) is 19.3 Å². The molecule has 0 unspecified atom stereocenters. The van der Waals surface area contributed by atoms with Gasteiger partial charge < -0.3 is 4.74 Å². The minimum atomic E-state index is -2.86. The number of halogens is 2. The maximum absolute atomic E-state index is 11.9. The van der Waals surface area contributed by atoms with Crippen molar-refractivity contribution in [1.29, 1.82) is 0 Å². The zero-order chi connectivity index (χ0) is 11.3. The molecule has 0 bridgehead atoms. The lowest BCUT2D eigenvalue weighted by molar-refractivity contribution is -0.129. The Morgan fingerprint density at radius 3 is 2.40 bits per heavy atom. The molecule has 0 N–H and O–H groups in total. The predicted octanol–water partition coefficient (Wildman–Crippen LogP) is 2.46.